The number of methoxy groups -OCH3 is 1. The minimum absolute atomic E-state index is 0.349. The van der Waals surface area contributed by atoms with Gasteiger partial charge in [0, 0.05) is 41.8 Å². The Morgan fingerprint density at radius 2 is 2.38 bits per heavy atom. The number of ether oxygens (including phenoxy) is 1. The molecule has 0 spiro atoms. The van der Waals surface area contributed by atoms with Crippen molar-refractivity contribution in [2.75, 3.05) is 25.1 Å². The van der Waals surface area contributed by atoms with Crippen molar-refractivity contribution in [3.63, 3.8) is 0 Å². The fourth-order valence-corrected chi connectivity index (χ4v) is 3.10. The first kappa shape index (κ1) is 12.2. The molecule has 0 N–H and O–H groups in total. The summed E-state index contributed by atoms with van der Waals surface area (Å²) in [7, 11) is 1.78. The summed E-state index contributed by atoms with van der Waals surface area (Å²) >= 11 is 9.69. The van der Waals surface area contributed by atoms with Crippen molar-refractivity contribution in [2.24, 2.45) is 0 Å². The standard InChI is InChI=1S/C12H15BrClNO/c1-16-9-5-6-15(8-9)12-4-2-3-11(14)10(12)7-13/h2-4,9H,5-8H2,1H3. The van der Waals surface area contributed by atoms with Crippen LogP contribution in [0.15, 0.2) is 18.2 Å². The number of hydrogen-bond donors (Lipinski definition) is 0. The molecule has 0 bridgehead atoms. The molecule has 2 rings (SSSR count). The van der Waals surface area contributed by atoms with Crippen molar-refractivity contribution >= 4 is 33.2 Å². The molecule has 2 nitrogen and oxygen atoms in total. The molecule has 16 heavy (non-hydrogen) atoms. The summed E-state index contributed by atoms with van der Waals surface area (Å²) in [6.07, 6.45) is 1.44. The molecular formula is C12H15BrClNO. The van der Waals surface area contributed by atoms with Gasteiger partial charge in [-0.1, -0.05) is 33.6 Å². The number of halogens is 2. The Bertz CT molecular complexity index is 372. The minimum Gasteiger partial charge on any atom is -0.380 e. The second kappa shape index (κ2) is 5.39. The predicted octanol–water partition coefficient (Wildman–Crippen LogP) is 3.46. The zero-order chi connectivity index (χ0) is 11.5. The van der Waals surface area contributed by atoms with Crippen molar-refractivity contribution in [1.29, 1.82) is 0 Å². The lowest BCUT2D eigenvalue weighted by Crippen LogP contribution is -2.23. The van der Waals surface area contributed by atoms with Crippen LogP contribution in [-0.4, -0.2) is 26.3 Å². The second-order valence-electron chi connectivity index (χ2n) is 3.96. The average molecular weight is 305 g/mol. The molecule has 1 aliphatic heterocycles. The maximum atomic E-state index is 6.19. The topological polar surface area (TPSA) is 12.5 Å². The van der Waals surface area contributed by atoms with Crippen LogP contribution in [0.25, 0.3) is 0 Å². The van der Waals surface area contributed by atoms with E-state index in [1.54, 1.807) is 7.11 Å². The Balaban J connectivity index is 2.24. The summed E-state index contributed by atoms with van der Waals surface area (Å²) in [4.78, 5) is 2.34. The third-order valence-electron chi connectivity index (χ3n) is 3.05. The maximum Gasteiger partial charge on any atom is 0.0762 e. The summed E-state index contributed by atoms with van der Waals surface area (Å²) in [5.74, 6) is 0. The van der Waals surface area contributed by atoms with E-state index in [4.69, 9.17) is 16.3 Å². The van der Waals surface area contributed by atoms with Crippen LogP contribution in [0.3, 0.4) is 0 Å². The molecule has 0 aliphatic carbocycles. The highest BCUT2D eigenvalue weighted by Gasteiger charge is 2.24. The molecule has 1 heterocycles. The Hall–Kier alpha value is -0.250. The molecule has 1 unspecified atom stereocenters. The quantitative estimate of drug-likeness (QED) is 0.793. The van der Waals surface area contributed by atoms with Gasteiger partial charge < -0.3 is 9.64 Å². The lowest BCUT2D eigenvalue weighted by atomic mass is 10.2. The normalized spacial score (nSPS) is 20.4. The molecule has 0 amide bonds. The van der Waals surface area contributed by atoms with E-state index in [1.807, 2.05) is 12.1 Å². The van der Waals surface area contributed by atoms with Crippen molar-refractivity contribution < 1.29 is 4.74 Å². The molecule has 1 atom stereocenters. The minimum atomic E-state index is 0.349. The van der Waals surface area contributed by atoms with Gasteiger partial charge in [0.2, 0.25) is 0 Å². The zero-order valence-electron chi connectivity index (χ0n) is 9.25. The number of hydrogen-bond acceptors (Lipinski definition) is 2. The molecule has 1 fully saturated rings. The average Bonchev–Trinajstić information content (AvgIpc) is 2.77. The van der Waals surface area contributed by atoms with E-state index in [0.29, 0.717) is 6.10 Å². The summed E-state index contributed by atoms with van der Waals surface area (Å²) in [5, 5.41) is 1.62. The molecular weight excluding hydrogens is 289 g/mol. The molecule has 0 saturated carbocycles. The Labute approximate surface area is 110 Å². The Morgan fingerprint density at radius 1 is 1.56 bits per heavy atom. The Kier molecular flexibility index (Phi) is 4.11. The van der Waals surface area contributed by atoms with Gasteiger partial charge in [-0.2, -0.15) is 0 Å². The third kappa shape index (κ3) is 2.36. The lowest BCUT2D eigenvalue weighted by Gasteiger charge is -2.21. The van der Waals surface area contributed by atoms with Crippen LogP contribution in [0.4, 0.5) is 5.69 Å². The highest BCUT2D eigenvalue weighted by Crippen LogP contribution is 2.31. The summed E-state index contributed by atoms with van der Waals surface area (Å²) < 4.78 is 5.38. The highest BCUT2D eigenvalue weighted by molar-refractivity contribution is 9.08. The van der Waals surface area contributed by atoms with Crippen LogP contribution in [0, 0.1) is 0 Å². The SMILES string of the molecule is COC1CCN(c2cccc(Cl)c2CBr)C1. The van der Waals surface area contributed by atoms with Crippen LogP contribution in [-0.2, 0) is 10.1 Å². The van der Waals surface area contributed by atoms with Gasteiger partial charge in [-0.25, -0.2) is 0 Å². The molecule has 0 radical (unpaired) electrons. The number of rotatable bonds is 3. The van der Waals surface area contributed by atoms with Gasteiger partial charge in [-0.15, -0.1) is 0 Å². The molecule has 1 aliphatic rings. The smallest absolute Gasteiger partial charge is 0.0762 e. The van der Waals surface area contributed by atoms with Gasteiger partial charge >= 0.3 is 0 Å². The van der Waals surface area contributed by atoms with E-state index in [0.717, 1.165) is 29.9 Å². The van der Waals surface area contributed by atoms with E-state index in [2.05, 4.69) is 26.9 Å². The van der Waals surface area contributed by atoms with E-state index >= 15 is 0 Å². The van der Waals surface area contributed by atoms with Crippen molar-refractivity contribution in [3.8, 4) is 0 Å². The Morgan fingerprint density at radius 3 is 3.00 bits per heavy atom. The zero-order valence-corrected chi connectivity index (χ0v) is 11.6. The number of alkyl halides is 1. The maximum absolute atomic E-state index is 6.19. The van der Waals surface area contributed by atoms with Crippen LogP contribution in [0.1, 0.15) is 12.0 Å². The molecule has 1 aromatic rings. The van der Waals surface area contributed by atoms with Gasteiger partial charge in [0.15, 0.2) is 0 Å². The monoisotopic (exact) mass is 303 g/mol. The summed E-state index contributed by atoms with van der Waals surface area (Å²) in [6.45, 7) is 2.00. The van der Waals surface area contributed by atoms with Crippen LogP contribution >= 0.6 is 27.5 Å². The van der Waals surface area contributed by atoms with Crippen LogP contribution < -0.4 is 4.90 Å². The first-order valence-electron chi connectivity index (χ1n) is 5.37. The molecule has 1 saturated heterocycles. The first-order chi connectivity index (χ1) is 7.76. The largest absolute Gasteiger partial charge is 0.380 e. The second-order valence-corrected chi connectivity index (χ2v) is 4.93. The fourth-order valence-electron chi connectivity index (χ4n) is 2.12. The number of nitrogens with zero attached hydrogens (tertiary/aromatic N) is 1. The van der Waals surface area contributed by atoms with Gasteiger partial charge in [-0.3, -0.25) is 0 Å². The van der Waals surface area contributed by atoms with E-state index in [1.165, 1.54) is 11.3 Å². The van der Waals surface area contributed by atoms with Gasteiger partial charge in [0.05, 0.1) is 6.10 Å². The predicted molar refractivity (Wildman–Crippen MR) is 71.7 cm³/mol. The van der Waals surface area contributed by atoms with Gasteiger partial charge in [0.25, 0.3) is 0 Å². The van der Waals surface area contributed by atoms with E-state index in [9.17, 15) is 0 Å². The third-order valence-corrected chi connectivity index (χ3v) is 3.96. The van der Waals surface area contributed by atoms with Crippen molar-refractivity contribution in [1.82, 2.24) is 0 Å². The van der Waals surface area contributed by atoms with E-state index < -0.39 is 0 Å². The van der Waals surface area contributed by atoms with Crippen molar-refractivity contribution in [3.05, 3.63) is 28.8 Å². The van der Waals surface area contributed by atoms with Crippen LogP contribution in [0.2, 0.25) is 5.02 Å². The fraction of sp³-hybridized carbons (Fsp3) is 0.500. The molecule has 0 aromatic heterocycles. The van der Waals surface area contributed by atoms with E-state index in [-0.39, 0.29) is 0 Å². The number of anilines is 1. The number of benzene rings is 1. The summed E-state index contributed by atoms with van der Waals surface area (Å²) in [5.41, 5.74) is 2.39. The highest BCUT2D eigenvalue weighted by atomic mass is 79.9. The summed E-state index contributed by atoms with van der Waals surface area (Å²) in [6, 6.07) is 6.07. The van der Waals surface area contributed by atoms with Crippen molar-refractivity contribution in [2.45, 2.75) is 17.9 Å². The first-order valence-corrected chi connectivity index (χ1v) is 6.87. The van der Waals surface area contributed by atoms with Crippen LogP contribution in [0.5, 0.6) is 0 Å². The lowest BCUT2D eigenvalue weighted by molar-refractivity contribution is 0.121. The molecule has 1 aromatic carbocycles. The van der Waals surface area contributed by atoms with Gasteiger partial charge in [0.1, 0.15) is 0 Å². The molecule has 88 valence electrons. The van der Waals surface area contributed by atoms with Gasteiger partial charge in [-0.05, 0) is 18.6 Å². The molecule has 4 heteroatoms.